The van der Waals surface area contributed by atoms with Crippen LogP contribution in [0.4, 0.5) is 15.8 Å². The zero-order valence-electron chi connectivity index (χ0n) is 15.8. The van der Waals surface area contributed by atoms with Crippen LogP contribution in [0, 0.1) is 11.3 Å². The lowest BCUT2D eigenvalue weighted by Crippen LogP contribution is -2.24. The Morgan fingerprint density at radius 3 is 2.60 bits per heavy atom. The first-order chi connectivity index (χ1) is 14.5. The molecule has 0 aliphatic carbocycles. The minimum atomic E-state index is -0.456. The number of nitriles is 1. The second-order valence-corrected chi connectivity index (χ2v) is 8.05. The fourth-order valence-corrected chi connectivity index (χ4v) is 4.45. The van der Waals surface area contributed by atoms with Crippen LogP contribution in [0.1, 0.15) is 26.3 Å². The number of nitrogens with zero attached hydrogens (tertiary/aromatic N) is 5. The van der Waals surface area contributed by atoms with Gasteiger partial charge in [0.05, 0.1) is 21.2 Å². The molecule has 0 saturated heterocycles. The van der Waals surface area contributed by atoms with E-state index in [2.05, 4.69) is 36.5 Å². The SMILES string of the molecule is CNc1nc(-c2ccccc2)c(/N=N/c2c(C#N)cc3c(c2Br)C(=O)N(C)C3=O)s1. The van der Waals surface area contributed by atoms with Crippen LogP contribution >= 0.6 is 27.3 Å². The summed E-state index contributed by atoms with van der Waals surface area (Å²) >= 11 is 4.66. The number of rotatable bonds is 4. The molecule has 0 atom stereocenters. The molecule has 0 saturated carbocycles. The number of benzene rings is 2. The number of halogens is 1. The van der Waals surface area contributed by atoms with Crippen molar-refractivity contribution in [1.82, 2.24) is 9.88 Å². The number of hydrogen-bond donors (Lipinski definition) is 1. The molecule has 30 heavy (non-hydrogen) atoms. The molecular weight excluding hydrogens is 468 g/mol. The first kappa shape index (κ1) is 19.9. The van der Waals surface area contributed by atoms with Crippen molar-refractivity contribution in [2.24, 2.45) is 10.2 Å². The van der Waals surface area contributed by atoms with Gasteiger partial charge in [-0.25, -0.2) is 4.98 Å². The number of thiazole rings is 1. The Bertz CT molecular complexity index is 1260. The zero-order valence-corrected chi connectivity index (χ0v) is 18.2. The Kier molecular flexibility index (Phi) is 5.15. The van der Waals surface area contributed by atoms with Crippen molar-refractivity contribution in [2.75, 3.05) is 19.4 Å². The van der Waals surface area contributed by atoms with Crippen molar-refractivity contribution < 1.29 is 9.59 Å². The van der Waals surface area contributed by atoms with Gasteiger partial charge in [0.2, 0.25) is 0 Å². The fraction of sp³-hybridized carbons (Fsp3) is 0.100. The summed E-state index contributed by atoms with van der Waals surface area (Å²) < 4.78 is 0.266. The summed E-state index contributed by atoms with van der Waals surface area (Å²) in [6, 6.07) is 12.9. The Morgan fingerprint density at radius 2 is 1.93 bits per heavy atom. The van der Waals surface area contributed by atoms with Gasteiger partial charge in [0.15, 0.2) is 10.1 Å². The van der Waals surface area contributed by atoms with Crippen LogP contribution in [0.3, 0.4) is 0 Å². The lowest BCUT2D eigenvalue weighted by atomic mass is 10.0. The summed E-state index contributed by atoms with van der Waals surface area (Å²) in [6.07, 6.45) is 0. The highest BCUT2D eigenvalue weighted by atomic mass is 79.9. The molecule has 2 aromatic carbocycles. The van der Waals surface area contributed by atoms with Crippen molar-refractivity contribution in [3.63, 3.8) is 0 Å². The third-order valence-electron chi connectivity index (χ3n) is 4.53. The van der Waals surface area contributed by atoms with E-state index in [4.69, 9.17) is 0 Å². The number of azo groups is 1. The van der Waals surface area contributed by atoms with E-state index in [9.17, 15) is 14.9 Å². The van der Waals surface area contributed by atoms with Gasteiger partial charge in [0.1, 0.15) is 17.5 Å². The number of nitrogens with one attached hydrogen (secondary N) is 1. The lowest BCUT2D eigenvalue weighted by molar-refractivity contribution is 0.0693. The molecule has 0 radical (unpaired) electrons. The number of amides is 2. The molecule has 1 aromatic heterocycles. The van der Waals surface area contributed by atoms with Crippen LogP contribution in [0.25, 0.3) is 11.3 Å². The molecule has 8 nitrogen and oxygen atoms in total. The van der Waals surface area contributed by atoms with Crippen molar-refractivity contribution in [2.45, 2.75) is 0 Å². The second-order valence-electron chi connectivity index (χ2n) is 6.28. The summed E-state index contributed by atoms with van der Waals surface area (Å²) in [7, 11) is 3.16. The van der Waals surface area contributed by atoms with E-state index in [1.807, 2.05) is 36.4 Å². The highest BCUT2D eigenvalue weighted by Gasteiger charge is 2.37. The third kappa shape index (κ3) is 3.18. The van der Waals surface area contributed by atoms with Crippen molar-refractivity contribution in [1.29, 1.82) is 5.26 Å². The van der Waals surface area contributed by atoms with Crippen molar-refractivity contribution in [3.8, 4) is 17.3 Å². The van der Waals surface area contributed by atoms with E-state index in [-0.39, 0.29) is 26.9 Å². The van der Waals surface area contributed by atoms with E-state index in [1.165, 1.54) is 24.5 Å². The van der Waals surface area contributed by atoms with Crippen LogP contribution in [0.15, 0.2) is 51.1 Å². The Labute approximate surface area is 184 Å². The standard InChI is InChI=1S/C20H13BrN6O2S/c1-23-20-24-16(10-6-4-3-5-7-10)17(30-20)26-25-15-11(9-22)8-12-13(14(15)21)19(29)27(2)18(12)28/h3-8H,1-2H3,(H,23,24)/b26-25+. The van der Waals surface area contributed by atoms with E-state index in [0.29, 0.717) is 15.8 Å². The fourth-order valence-electron chi connectivity index (χ4n) is 3.01. The zero-order chi connectivity index (χ0) is 21.4. The third-order valence-corrected chi connectivity index (χ3v) is 6.25. The highest BCUT2D eigenvalue weighted by Crippen LogP contribution is 2.42. The number of aromatic nitrogens is 1. The predicted molar refractivity (Wildman–Crippen MR) is 117 cm³/mol. The number of imide groups is 1. The molecule has 10 heteroatoms. The molecule has 4 rings (SSSR count). The molecule has 0 fully saturated rings. The summed E-state index contributed by atoms with van der Waals surface area (Å²) in [5.74, 6) is -0.911. The average molecular weight is 481 g/mol. The lowest BCUT2D eigenvalue weighted by Gasteiger charge is -2.05. The van der Waals surface area contributed by atoms with Gasteiger partial charge in [0, 0.05) is 19.7 Å². The van der Waals surface area contributed by atoms with Crippen LogP contribution in [-0.2, 0) is 0 Å². The Hall–Kier alpha value is -3.42. The van der Waals surface area contributed by atoms with Crippen molar-refractivity contribution in [3.05, 3.63) is 57.6 Å². The number of fused-ring (bicyclic) bond motifs is 1. The Balaban J connectivity index is 1.84. The molecule has 0 spiro atoms. The molecule has 2 heterocycles. The van der Waals surface area contributed by atoms with Gasteiger partial charge in [-0.05, 0) is 22.0 Å². The maximum absolute atomic E-state index is 12.4. The van der Waals surface area contributed by atoms with Crippen LogP contribution in [0.5, 0.6) is 0 Å². The van der Waals surface area contributed by atoms with E-state index >= 15 is 0 Å². The van der Waals surface area contributed by atoms with Crippen molar-refractivity contribution >= 4 is 54.9 Å². The number of carbonyl (C=O) groups is 2. The topological polar surface area (TPSA) is 111 Å². The summed E-state index contributed by atoms with van der Waals surface area (Å²) in [5.41, 5.74) is 2.20. The van der Waals surface area contributed by atoms with Gasteiger partial charge in [-0.15, -0.1) is 10.2 Å². The van der Waals surface area contributed by atoms with Gasteiger partial charge >= 0.3 is 0 Å². The minimum absolute atomic E-state index is 0.139. The normalized spacial score (nSPS) is 13.1. The minimum Gasteiger partial charge on any atom is -0.365 e. The van der Waals surface area contributed by atoms with Gasteiger partial charge in [0.25, 0.3) is 11.8 Å². The molecular formula is C20H13BrN6O2S. The van der Waals surface area contributed by atoms with Crippen LogP contribution < -0.4 is 5.32 Å². The summed E-state index contributed by atoms with van der Waals surface area (Å²) in [6.45, 7) is 0. The van der Waals surface area contributed by atoms with Gasteiger partial charge < -0.3 is 5.32 Å². The van der Waals surface area contributed by atoms with Crippen LogP contribution in [-0.4, -0.2) is 35.8 Å². The monoisotopic (exact) mass is 480 g/mol. The summed E-state index contributed by atoms with van der Waals surface area (Å²) in [4.78, 5) is 30.2. The number of hydrogen-bond acceptors (Lipinski definition) is 8. The van der Waals surface area contributed by atoms with Gasteiger partial charge in [-0.3, -0.25) is 14.5 Å². The van der Waals surface area contributed by atoms with Gasteiger partial charge in [-0.1, -0.05) is 41.7 Å². The number of carbonyl (C=O) groups excluding carboxylic acids is 2. The quantitative estimate of drug-likeness (QED) is 0.411. The second kappa shape index (κ2) is 7.78. The smallest absolute Gasteiger partial charge is 0.262 e. The van der Waals surface area contributed by atoms with Gasteiger partial charge in [-0.2, -0.15) is 5.26 Å². The largest absolute Gasteiger partial charge is 0.365 e. The first-order valence-electron chi connectivity index (χ1n) is 8.71. The van der Waals surface area contributed by atoms with Crippen LogP contribution in [0.2, 0.25) is 0 Å². The maximum atomic E-state index is 12.4. The summed E-state index contributed by atoms with van der Waals surface area (Å²) in [5, 5.41) is 22.4. The molecule has 1 aliphatic heterocycles. The molecule has 0 unspecified atom stereocenters. The molecule has 1 aliphatic rings. The first-order valence-corrected chi connectivity index (χ1v) is 10.3. The maximum Gasteiger partial charge on any atom is 0.262 e. The van der Waals surface area contributed by atoms with E-state index < -0.39 is 11.8 Å². The molecule has 3 aromatic rings. The van der Waals surface area contributed by atoms with E-state index in [0.717, 1.165) is 10.5 Å². The predicted octanol–water partition coefficient (Wildman–Crippen LogP) is 5.13. The van der Waals surface area contributed by atoms with E-state index in [1.54, 1.807) is 7.05 Å². The number of anilines is 1. The molecule has 2 amide bonds. The Morgan fingerprint density at radius 1 is 1.20 bits per heavy atom. The highest BCUT2D eigenvalue weighted by molar-refractivity contribution is 9.10. The molecule has 148 valence electrons. The molecule has 1 N–H and O–H groups in total. The molecule has 0 bridgehead atoms. The average Bonchev–Trinajstić information content (AvgIpc) is 3.28.